The van der Waals surface area contributed by atoms with Crippen LogP contribution in [0, 0.1) is 0 Å². The summed E-state index contributed by atoms with van der Waals surface area (Å²) in [6.07, 6.45) is -5.26. The van der Waals surface area contributed by atoms with Crippen molar-refractivity contribution in [2.75, 3.05) is 12.8 Å². The SMILES string of the molecule is CPCC(=O)OC(=O)C(F)(F)F. The molecule has 0 amide bonds. The van der Waals surface area contributed by atoms with E-state index in [2.05, 4.69) is 4.74 Å². The maximum absolute atomic E-state index is 11.4. The van der Waals surface area contributed by atoms with E-state index >= 15 is 0 Å². The standard InChI is InChI=1S/C5H6F3O3P/c1-12-2-3(9)11-4(10)5(6,7)8/h12H,2H2,1H3. The molecule has 3 nitrogen and oxygen atoms in total. The van der Waals surface area contributed by atoms with Gasteiger partial charge in [-0.2, -0.15) is 13.2 Å². The van der Waals surface area contributed by atoms with E-state index < -0.39 is 18.1 Å². The molecule has 0 rings (SSSR count). The van der Waals surface area contributed by atoms with Gasteiger partial charge in [0.1, 0.15) is 0 Å². The molecule has 0 aromatic heterocycles. The van der Waals surface area contributed by atoms with Crippen molar-refractivity contribution in [1.29, 1.82) is 0 Å². The summed E-state index contributed by atoms with van der Waals surface area (Å²) >= 11 is 0. The number of carbonyl (C=O) groups is 2. The number of esters is 2. The van der Waals surface area contributed by atoms with Crippen LogP contribution in [0.5, 0.6) is 0 Å². The van der Waals surface area contributed by atoms with Gasteiger partial charge in [0, 0.05) is 0 Å². The second-order valence-electron chi connectivity index (χ2n) is 1.79. The number of alkyl halides is 3. The fraction of sp³-hybridized carbons (Fsp3) is 0.600. The molecule has 0 N–H and O–H groups in total. The van der Waals surface area contributed by atoms with Crippen LogP contribution in [-0.2, 0) is 14.3 Å². The van der Waals surface area contributed by atoms with E-state index in [1.165, 1.54) is 0 Å². The number of ether oxygens (including phenoxy) is 1. The minimum Gasteiger partial charge on any atom is -0.386 e. The second kappa shape index (κ2) is 4.40. The van der Waals surface area contributed by atoms with Crippen LogP contribution in [0.1, 0.15) is 0 Å². The van der Waals surface area contributed by atoms with E-state index in [0.717, 1.165) is 0 Å². The molecule has 0 aliphatic rings. The van der Waals surface area contributed by atoms with Crippen molar-refractivity contribution in [2.24, 2.45) is 0 Å². The van der Waals surface area contributed by atoms with E-state index in [9.17, 15) is 22.8 Å². The maximum atomic E-state index is 11.4. The van der Waals surface area contributed by atoms with Crippen LogP contribution in [0.15, 0.2) is 0 Å². The van der Waals surface area contributed by atoms with Crippen molar-refractivity contribution < 1.29 is 27.5 Å². The van der Waals surface area contributed by atoms with Crippen LogP contribution in [0.2, 0.25) is 0 Å². The van der Waals surface area contributed by atoms with Crippen molar-refractivity contribution in [2.45, 2.75) is 6.18 Å². The first kappa shape index (κ1) is 11.4. The highest BCUT2D eigenvalue weighted by atomic mass is 31.1. The smallest absolute Gasteiger partial charge is 0.386 e. The summed E-state index contributed by atoms with van der Waals surface area (Å²) in [5.41, 5.74) is 0. The Balaban J connectivity index is 3.94. The molecule has 0 aromatic rings. The summed E-state index contributed by atoms with van der Waals surface area (Å²) in [5, 5.41) is 0. The lowest BCUT2D eigenvalue weighted by Crippen LogP contribution is -2.28. The summed E-state index contributed by atoms with van der Waals surface area (Å²) in [6.45, 7) is 1.61. The summed E-state index contributed by atoms with van der Waals surface area (Å²) in [6, 6.07) is 0. The van der Waals surface area contributed by atoms with Gasteiger partial charge in [-0.05, 0) is 6.66 Å². The summed E-state index contributed by atoms with van der Waals surface area (Å²) in [7, 11) is 0.127. The Kier molecular flexibility index (Phi) is 4.17. The minimum atomic E-state index is -5.09. The molecule has 0 aromatic carbocycles. The predicted molar refractivity (Wildman–Crippen MR) is 36.3 cm³/mol. The molecule has 1 atom stereocenters. The van der Waals surface area contributed by atoms with E-state index in [4.69, 9.17) is 0 Å². The number of carbonyl (C=O) groups excluding carboxylic acids is 2. The molecule has 0 aliphatic heterocycles. The summed E-state index contributed by atoms with van der Waals surface area (Å²) < 4.78 is 37.7. The lowest BCUT2D eigenvalue weighted by atomic mass is 10.6. The molecule has 0 bridgehead atoms. The zero-order valence-electron chi connectivity index (χ0n) is 6.07. The Morgan fingerprint density at radius 3 is 2.25 bits per heavy atom. The first-order valence-electron chi connectivity index (χ1n) is 2.84. The number of hydrogen-bond acceptors (Lipinski definition) is 3. The predicted octanol–water partition coefficient (Wildman–Crippen LogP) is 0.927. The molecular weight excluding hydrogens is 196 g/mol. The van der Waals surface area contributed by atoms with Crippen LogP contribution in [-0.4, -0.2) is 30.9 Å². The van der Waals surface area contributed by atoms with Gasteiger partial charge in [-0.15, -0.1) is 8.58 Å². The van der Waals surface area contributed by atoms with Crippen molar-refractivity contribution in [3.05, 3.63) is 0 Å². The highest BCUT2D eigenvalue weighted by Gasteiger charge is 2.42. The van der Waals surface area contributed by atoms with Gasteiger partial charge in [0.05, 0.1) is 6.16 Å². The summed E-state index contributed by atoms with van der Waals surface area (Å²) in [5.74, 6) is -3.59. The Hall–Kier alpha value is -0.640. The van der Waals surface area contributed by atoms with Gasteiger partial charge in [-0.3, -0.25) is 4.79 Å². The molecule has 0 heterocycles. The highest BCUT2D eigenvalue weighted by molar-refractivity contribution is 7.38. The number of rotatable bonds is 2. The minimum absolute atomic E-state index is 0.127. The van der Waals surface area contributed by atoms with Gasteiger partial charge in [-0.25, -0.2) is 4.79 Å². The third-order valence-corrected chi connectivity index (χ3v) is 1.40. The Bertz CT molecular complexity index is 189. The average molecular weight is 202 g/mol. The first-order valence-corrected chi connectivity index (χ1v) is 4.55. The van der Waals surface area contributed by atoms with Gasteiger partial charge in [0.15, 0.2) is 0 Å². The molecule has 7 heteroatoms. The van der Waals surface area contributed by atoms with Gasteiger partial charge in [-0.1, -0.05) is 0 Å². The van der Waals surface area contributed by atoms with Crippen LogP contribution in [0.4, 0.5) is 13.2 Å². The van der Waals surface area contributed by atoms with Crippen LogP contribution >= 0.6 is 8.58 Å². The zero-order valence-corrected chi connectivity index (χ0v) is 7.07. The second-order valence-corrected chi connectivity index (χ2v) is 2.85. The molecule has 0 aliphatic carbocycles. The average Bonchev–Trinajstić information content (AvgIpc) is 1.85. The van der Waals surface area contributed by atoms with Crippen molar-refractivity contribution in [3.8, 4) is 0 Å². The van der Waals surface area contributed by atoms with Crippen LogP contribution in [0.3, 0.4) is 0 Å². The fourth-order valence-corrected chi connectivity index (χ4v) is 0.703. The van der Waals surface area contributed by atoms with Gasteiger partial charge in [0.2, 0.25) is 0 Å². The third kappa shape index (κ3) is 4.28. The van der Waals surface area contributed by atoms with Crippen molar-refractivity contribution in [1.82, 2.24) is 0 Å². The van der Waals surface area contributed by atoms with Gasteiger partial charge >= 0.3 is 18.1 Å². The molecule has 70 valence electrons. The Labute approximate surface area is 68.0 Å². The molecule has 0 radical (unpaired) electrons. The first-order chi connectivity index (χ1) is 5.38. The molecule has 0 saturated heterocycles. The lowest BCUT2D eigenvalue weighted by Gasteiger charge is -2.03. The van der Waals surface area contributed by atoms with E-state index in [1.807, 2.05) is 0 Å². The number of halogens is 3. The topological polar surface area (TPSA) is 43.4 Å². The molecular formula is C5H6F3O3P. The largest absolute Gasteiger partial charge is 0.491 e. The normalized spacial score (nSPS) is 12.0. The maximum Gasteiger partial charge on any atom is 0.491 e. The van der Waals surface area contributed by atoms with Crippen LogP contribution in [0.25, 0.3) is 0 Å². The fourth-order valence-electron chi connectivity index (χ4n) is 0.342. The Morgan fingerprint density at radius 1 is 1.42 bits per heavy atom. The van der Waals surface area contributed by atoms with Crippen LogP contribution < -0.4 is 0 Å². The molecule has 0 saturated carbocycles. The van der Waals surface area contributed by atoms with Gasteiger partial charge in [0.25, 0.3) is 0 Å². The van der Waals surface area contributed by atoms with E-state index in [1.54, 1.807) is 6.66 Å². The third-order valence-electron chi connectivity index (χ3n) is 0.759. The van der Waals surface area contributed by atoms with Crippen molar-refractivity contribution >= 4 is 20.5 Å². The monoisotopic (exact) mass is 202 g/mol. The lowest BCUT2D eigenvalue weighted by molar-refractivity contribution is -0.201. The van der Waals surface area contributed by atoms with Gasteiger partial charge < -0.3 is 4.74 Å². The summed E-state index contributed by atoms with van der Waals surface area (Å²) in [4.78, 5) is 20.3. The number of hydrogen-bond donors (Lipinski definition) is 0. The van der Waals surface area contributed by atoms with E-state index in [-0.39, 0.29) is 14.7 Å². The zero-order chi connectivity index (χ0) is 9.78. The van der Waals surface area contributed by atoms with E-state index in [0.29, 0.717) is 0 Å². The van der Waals surface area contributed by atoms with Crippen molar-refractivity contribution in [3.63, 3.8) is 0 Å². The molecule has 1 unspecified atom stereocenters. The Morgan fingerprint density at radius 2 is 1.92 bits per heavy atom. The highest BCUT2D eigenvalue weighted by Crippen LogP contribution is 2.17. The quantitative estimate of drug-likeness (QED) is 0.380. The molecule has 0 spiro atoms. The molecule has 12 heavy (non-hydrogen) atoms. The molecule has 0 fully saturated rings.